The number of unbranched alkanes of at least 4 members (excludes halogenated alkanes) is 1. The smallest absolute Gasteiger partial charge is 0.0633 e. The fourth-order valence-corrected chi connectivity index (χ4v) is 2.87. The maximum absolute atomic E-state index is 6.13. The molecule has 0 fully saturated rings. The lowest BCUT2D eigenvalue weighted by atomic mass is 9.95. The molecule has 0 spiro atoms. The van der Waals surface area contributed by atoms with E-state index in [0.717, 1.165) is 6.42 Å². The lowest BCUT2D eigenvalue weighted by Crippen LogP contribution is -2.34. The van der Waals surface area contributed by atoms with E-state index in [-0.39, 0.29) is 11.2 Å². The zero-order chi connectivity index (χ0) is 16.1. The second-order valence-corrected chi connectivity index (χ2v) is 8.08. The molecule has 0 saturated carbocycles. The summed E-state index contributed by atoms with van der Waals surface area (Å²) in [5, 5.41) is 0. The van der Waals surface area contributed by atoms with Crippen LogP contribution in [0.4, 0.5) is 0 Å². The fraction of sp³-hybridized carbons (Fsp3) is 0.700. The van der Waals surface area contributed by atoms with E-state index in [4.69, 9.17) is 4.74 Å². The zero-order valence-corrected chi connectivity index (χ0v) is 15.1. The normalized spacial score (nSPS) is 13.0. The molecule has 0 aromatic heterocycles. The molecule has 0 aliphatic heterocycles. The van der Waals surface area contributed by atoms with Gasteiger partial charge in [0.25, 0.3) is 0 Å². The maximum atomic E-state index is 6.13. The Morgan fingerprint density at radius 1 is 1.00 bits per heavy atom. The SMILES string of the molecule is CC(C)c1cccc(CCCCC(C)(C)OC(C)(C)C)c1. The van der Waals surface area contributed by atoms with Gasteiger partial charge in [-0.1, -0.05) is 44.5 Å². The van der Waals surface area contributed by atoms with Crippen LogP contribution < -0.4 is 0 Å². The van der Waals surface area contributed by atoms with Crippen LogP contribution in [0, 0.1) is 0 Å². The average Bonchev–Trinajstić information content (AvgIpc) is 2.32. The Balaban J connectivity index is 2.39. The van der Waals surface area contributed by atoms with Crippen LogP contribution in [-0.2, 0) is 11.2 Å². The van der Waals surface area contributed by atoms with Crippen molar-refractivity contribution in [2.45, 2.75) is 91.3 Å². The molecule has 0 atom stereocenters. The molecule has 1 nitrogen and oxygen atoms in total. The summed E-state index contributed by atoms with van der Waals surface area (Å²) in [6.45, 7) is 15.3. The van der Waals surface area contributed by atoms with Crippen molar-refractivity contribution in [2.75, 3.05) is 0 Å². The van der Waals surface area contributed by atoms with Crippen molar-refractivity contribution in [3.05, 3.63) is 35.4 Å². The van der Waals surface area contributed by atoms with E-state index in [0.29, 0.717) is 5.92 Å². The zero-order valence-electron chi connectivity index (χ0n) is 15.1. The van der Waals surface area contributed by atoms with Gasteiger partial charge in [0.15, 0.2) is 0 Å². The van der Waals surface area contributed by atoms with Gasteiger partial charge in [-0.15, -0.1) is 0 Å². The Hall–Kier alpha value is -0.820. The van der Waals surface area contributed by atoms with Gasteiger partial charge in [-0.05, 0) is 70.9 Å². The van der Waals surface area contributed by atoms with Gasteiger partial charge in [0.05, 0.1) is 11.2 Å². The Morgan fingerprint density at radius 2 is 1.67 bits per heavy atom. The van der Waals surface area contributed by atoms with Gasteiger partial charge in [-0.3, -0.25) is 0 Å². The standard InChI is InChI=1S/C20H34O/c1-16(2)18-13-10-12-17(15-18)11-8-9-14-20(6,7)21-19(3,4)5/h10,12-13,15-16H,8-9,11,14H2,1-7H3. The molecule has 120 valence electrons. The summed E-state index contributed by atoms with van der Waals surface area (Å²) in [5.74, 6) is 0.615. The van der Waals surface area contributed by atoms with Crippen molar-refractivity contribution >= 4 is 0 Å². The first kappa shape index (κ1) is 18.2. The molecule has 0 saturated heterocycles. The summed E-state index contributed by atoms with van der Waals surface area (Å²) in [5.41, 5.74) is 2.83. The summed E-state index contributed by atoms with van der Waals surface area (Å²) in [6.07, 6.45) is 4.74. The molecule has 0 aliphatic carbocycles. The monoisotopic (exact) mass is 290 g/mol. The molecule has 1 rings (SSSR count). The first-order valence-corrected chi connectivity index (χ1v) is 8.38. The highest BCUT2D eigenvalue weighted by molar-refractivity contribution is 5.25. The van der Waals surface area contributed by atoms with Gasteiger partial charge >= 0.3 is 0 Å². The highest BCUT2D eigenvalue weighted by Crippen LogP contribution is 2.25. The molecule has 0 aliphatic rings. The molecule has 0 radical (unpaired) electrons. The molecule has 1 heteroatoms. The van der Waals surface area contributed by atoms with Gasteiger partial charge in [-0.2, -0.15) is 0 Å². The number of benzene rings is 1. The van der Waals surface area contributed by atoms with Crippen molar-refractivity contribution in [1.29, 1.82) is 0 Å². The van der Waals surface area contributed by atoms with Crippen LogP contribution in [0.15, 0.2) is 24.3 Å². The molecule has 0 amide bonds. The predicted octanol–water partition coefficient (Wildman–Crippen LogP) is 6.12. The van der Waals surface area contributed by atoms with E-state index in [1.807, 2.05) is 0 Å². The first-order valence-electron chi connectivity index (χ1n) is 8.38. The van der Waals surface area contributed by atoms with Gasteiger partial charge in [0, 0.05) is 0 Å². The molecule has 1 aromatic rings. The number of rotatable bonds is 7. The minimum atomic E-state index is -0.0604. The van der Waals surface area contributed by atoms with Crippen LogP contribution in [0.5, 0.6) is 0 Å². The van der Waals surface area contributed by atoms with E-state index in [1.54, 1.807) is 0 Å². The Kier molecular flexibility index (Phi) is 6.46. The largest absolute Gasteiger partial charge is 0.370 e. The molecule has 0 N–H and O–H groups in total. The number of hydrogen-bond donors (Lipinski definition) is 0. The number of ether oxygens (including phenoxy) is 1. The van der Waals surface area contributed by atoms with Gasteiger partial charge in [0.1, 0.15) is 0 Å². The minimum Gasteiger partial charge on any atom is -0.370 e. The van der Waals surface area contributed by atoms with Crippen LogP contribution in [0.3, 0.4) is 0 Å². The van der Waals surface area contributed by atoms with E-state index in [1.165, 1.54) is 30.4 Å². The Bertz CT molecular complexity index is 424. The topological polar surface area (TPSA) is 9.23 Å². The fourth-order valence-electron chi connectivity index (χ4n) is 2.87. The number of hydrogen-bond acceptors (Lipinski definition) is 1. The molecule has 0 bridgehead atoms. The van der Waals surface area contributed by atoms with Crippen molar-refractivity contribution in [3.63, 3.8) is 0 Å². The van der Waals surface area contributed by atoms with Crippen molar-refractivity contribution in [2.24, 2.45) is 0 Å². The van der Waals surface area contributed by atoms with Crippen molar-refractivity contribution < 1.29 is 4.74 Å². The quantitative estimate of drug-likeness (QED) is 0.550. The van der Waals surface area contributed by atoms with Crippen LogP contribution in [0.2, 0.25) is 0 Å². The van der Waals surface area contributed by atoms with Crippen LogP contribution in [-0.4, -0.2) is 11.2 Å². The molecule has 0 unspecified atom stereocenters. The van der Waals surface area contributed by atoms with Gasteiger partial charge < -0.3 is 4.74 Å². The third-order valence-electron chi connectivity index (χ3n) is 3.69. The van der Waals surface area contributed by atoms with Crippen molar-refractivity contribution in [1.82, 2.24) is 0 Å². The molecular formula is C20H34O. The lowest BCUT2D eigenvalue weighted by Gasteiger charge is -2.34. The third kappa shape index (κ3) is 7.66. The first-order chi connectivity index (χ1) is 9.59. The van der Waals surface area contributed by atoms with Crippen LogP contribution in [0.1, 0.15) is 84.8 Å². The summed E-state index contributed by atoms with van der Waals surface area (Å²) in [4.78, 5) is 0. The highest BCUT2D eigenvalue weighted by Gasteiger charge is 2.24. The summed E-state index contributed by atoms with van der Waals surface area (Å²) in [7, 11) is 0. The molecule has 1 aromatic carbocycles. The molecule has 0 heterocycles. The summed E-state index contributed by atoms with van der Waals surface area (Å²) < 4.78 is 6.13. The van der Waals surface area contributed by atoms with E-state index < -0.39 is 0 Å². The summed E-state index contributed by atoms with van der Waals surface area (Å²) >= 11 is 0. The minimum absolute atomic E-state index is 0.0297. The highest BCUT2D eigenvalue weighted by atomic mass is 16.5. The van der Waals surface area contributed by atoms with Crippen LogP contribution in [0.25, 0.3) is 0 Å². The second kappa shape index (κ2) is 7.45. The Morgan fingerprint density at radius 3 is 2.24 bits per heavy atom. The van der Waals surface area contributed by atoms with E-state index in [9.17, 15) is 0 Å². The average molecular weight is 290 g/mol. The van der Waals surface area contributed by atoms with Crippen molar-refractivity contribution in [3.8, 4) is 0 Å². The summed E-state index contributed by atoms with van der Waals surface area (Å²) in [6, 6.07) is 9.04. The van der Waals surface area contributed by atoms with Crippen LogP contribution >= 0.6 is 0 Å². The molecular weight excluding hydrogens is 256 g/mol. The lowest BCUT2D eigenvalue weighted by molar-refractivity contribution is -0.116. The Labute approximate surface area is 132 Å². The third-order valence-corrected chi connectivity index (χ3v) is 3.69. The number of aryl methyl sites for hydroxylation is 1. The predicted molar refractivity (Wildman–Crippen MR) is 93.0 cm³/mol. The van der Waals surface area contributed by atoms with E-state index >= 15 is 0 Å². The second-order valence-electron chi connectivity index (χ2n) is 8.08. The maximum Gasteiger partial charge on any atom is 0.0633 e. The molecule has 21 heavy (non-hydrogen) atoms. The van der Waals surface area contributed by atoms with Gasteiger partial charge in [-0.25, -0.2) is 0 Å². The van der Waals surface area contributed by atoms with Gasteiger partial charge in [0.2, 0.25) is 0 Å². The van der Waals surface area contributed by atoms with E-state index in [2.05, 4.69) is 72.7 Å².